The number of piperazine rings is 1. The Hall–Kier alpha value is -1.44. The number of likely N-dealkylation sites (N-methyl/N-ethyl adjacent to an activating group) is 1. The van der Waals surface area contributed by atoms with E-state index in [9.17, 15) is 4.79 Å². The number of hydrogen-bond donors (Lipinski definition) is 1. The zero-order chi connectivity index (χ0) is 14.4. The first-order valence-corrected chi connectivity index (χ1v) is 6.90. The van der Waals surface area contributed by atoms with Crippen molar-refractivity contribution in [3.8, 4) is 0 Å². The first-order chi connectivity index (χ1) is 9.70. The zero-order valence-corrected chi connectivity index (χ0v) is 11.9. The molecule has 0 spiro atoms. The summed E-state index contributed by atoms with van der Waals surface area (Å²) in [6.07, 6.45) is 1.73. The molecule has 20 heavy (non-hydrogen) atoms. The Labute approximate surface area is 118 Å². The first-order valence-electron chi connectivity index (χ1n) is 6.90. The molecule has 0 atom stereocenters. The van der Waals surface area contributed by atoms with E-state index in [2.05, 4.69) is 21.9 Å². The van der Waals surface area contributed by atoms with E-state index in [0.29, 0.717) is 13.2 Å². The normalized spacial score (nSPS) is 16.6. The van der Waals surface area contributed by atoms with E-state index in [-0.39, 0.29) is 18.8 Å². The minimum absolute atomic E-state index is 0.00925. The molecule has 1 N–H and O–H groups in total. The average Bonchev–Trinajstić information content (AvgIpc) is 2.46. The smallest absolute Gasteiger partial charge is 0.268 e. The maximum atomic E-state index is 12.0. The van der Waals surface area contributed by atoms with Crippen LogP contribution < -0.4 is 10.5 Å². The Kier molecular flexibility index (Phi) is 5.51. The maximum absolute atomic E-state index is 12.0. The highest BCUT2D eigenvalue weighted by molar-refractivity contribution is 5.43. The van der Waals surface area contributed by atoms with Gasteiger partial charge in [-0.3, -0.25) is 4.79 Å². The van der Waals surface area contributed by atoms with Gasteiger partial charge < -0.3 is 19.6 Å². The van der Waals surface area contributed by atoms with Gasteiger partial charge in [-0.2, -0.15) is 5.10 Å². The number of rotatable bonds is 6. The monoisotopic (exact) mass is 282 g/mol. The molecule has 2 heterocycles. The third-order valence-corrected chi connectivity index (χ3v) is 3.41. The van der Waals surface area contributed by atoms with Crippen LogP contribution >= 0.6 is 0 Å². The van der Waals surface area contributed by atoms with Crippen LogP contribution in [-0.4, -0.2) is 72.8 Å². The van der Waals surface area contributed by atoms with Gasteiger partial charge in [0.15, 0.2) is 0 Å². The van der Waals surface area contributed by atoms with E-state index in [1.807, 2.05) is 0 Å². The van der Waals surface area contributed by atoms with E-state index < -0.39 is 0 Å². The van der Waals surface area contributed by atoms with Crippen LogP contribution in [0.2, 0.25) is 0 Å². The van der Waals surface area contributed by atoms with Crippen LogP contribution in [0.4, 0.5) is 5.69 Å². The number of aromatic nitrogens is 2. The lowest BCUT2D eigenvalue weighted by atomic mass is 10.3. The molecule has 7 nitrogen and oxygen atoms in total. The lowest BCUT2D eigenvalue weighted by Gasteiger charge is -2.33. The predicted octanol–water partition coefficient (Wildman–Crippen LogP) is -0.996. The molecule has 0 aromatic carbocycles. The van der Waals surface area contributed by atoms with Gasteiger partial charge in [-0.25, -0.2) is 4.68 Å². The molecular formula is C13H22N4O3. The minimum atomic E-state index is -0.117. The topological polar surface area (TPSA) is 70.8 Å². The summed E-state index contributed by atoms with van der Waals surface area (Å²) in [5.41, 5.74) is 0.768. The largest absolute Gasteiger partial charge is 0.394 e. The molecule has 1 aliphatic heterocycles. The van der Waals surface area contributed by atoms with Gasteiger partial charge in [0, 0.05) is 32.2 Å². The van der Waals surface area contributed by atoms with Gasteiger partial charge >= 0.3 is 0 Å². The second kappa shape index (κ2) is 7.37. The van der Waals surface area contributed by atoms with E-state index in [1.54, 1.807) is 12.3 Å². The van der Waals surface area contributed by atoms with Gasteiger partial charge in [0.2, 0.25) is 0 Å². The van der Waals surface area contributed by atoms with Crippen LogP contribution in [0.25, 0.3) is 0 Å². The molecule has 0 saturated carbocycles. The number of aliphatic hydroxyl groups is 1. The van der Waals surface area contributed by atoms with Crippen molar-refractivity contribution in [1.29, 1.82) is 0 Å². The molecule has 1 saturated heterocycles. The molecule has 112 valence electrons. The summed E-state index contributed by atoms with van der Waals surface area (Å²) in [6, 6.07) is 1.63. The van der Waals surface area contributed by atoms with E-state index >= 15 is 0 Å². The Morgan fingerprint density at radius 3 is 2.70 bits per heavy atom. The van der Waals surface area contributed by atoms with Crippen LogP contribution in [0.15, 0.2) is 17.1 Å². The van der Waals surface area contributed by atoms with Crippen LogP contribution in [0, 0.1) is 0 Å². The fraction of sp³-hybridized carbons (Fsp3) is 0.692. The van der Waals surface area contributed by atoms with Crippen LogP contribution in [0.3, 0.4) is 0 Å². The molecule has 0 radical (unpaired) electrons. The molecule has 1 aliphatic rings. The maximum Gasteiger partial charge on any atom is 0.268 e. The molecule has 0 aliphatic carbocycles. The molecule has 1 fully saturated rings. The number of hydrogen-bond acceptors (Lipinski definition) is 6. The molecule has 0 unspecified atom stereocenters. The van der Waals surface area contributed by atoms with E-state index in [1.165, 1.54) is 4.68 Å². The fourth-order valence-electron chi connectivity index (χ4n) is 2.15. The van der Waals surface area contributed by atoms with Crippen molar-refractivity contribution in [1.82, 2.24) is 14.7 Å². The SMILES string of the molecule is CN1CCN(c2cnn(CCOCCO)c(=O)c2)CC1. The second-order valence-electron chi connectivity index (χ2n) is 4.90. The lowest BCUT2D eigenvalue weighted by Crippen LogP contribution is -2.45. The Bertz CT molecular complexity index is 469. The van der Waals surface area contributed by atoms with Crippen LogP contribution in [0.1, 0.15) is 0 Å². The van der Waals surface area contributed by atoms with Gasteiger partial charge in [0.05, 0.1) is 38.2 Å². The summed E-state index contributed by atoms with van der Waals surface area (Å²) < 4.78 is 6.52. The zero-order valence-electron chi connectivity index (χ0n) is 11.9. The Morgan fingerprint density at radius 1 is 1.30 bits per heavy atom. The number of ether oxygens (including phenoxy) is 1. The quantitative estimate of drug-likeness (QED) is 0.675. The summed E-state index contributed by atoms with van der Waals surface area (Å²) in [5.74, 6) is 0. The third-order valence-electron chi connectivity index (χ3n) is 3.41. The fourth-order valence-corrected chi connectivity index (χ4v) is 2.15. The van der Waals surface area contributed by atoms with Crippen molar-refractivity contribution in [2.75, 3.05) is 57.9 Å². The Morgan fingerprint density at radius 2 is 2.05 bits per heavy atom. The molecule has 7 heteroatoms. The van der Waals surface area contributed by atoms with Crippen LogP contribution in [-0.2, 0) is 11.3 Å². The van der Waals surface area contributed by atoms with Crippen molar-refractivity contribution in [3.63, 3.8) is 0 Å². The lowest BCUT2D eigenvalue weighted by molar-refractivity contribution is 0.0847. The summed E-state index contributed by atoms with van der Waals surface area (Å²) in [7, 11) is 2.10. The van der Waals surface area contributed by atoms with E-state index in [4.69, 9.17) is 9.84 Å². The first kappa shape index (κ1) is 15.0. The highest BCUT2D eigenvalue weighted by Gasteiger charge is 2.15. The van der Waals surface area contributed by atoms with Crippen molar-refractivity contribution < 1.29 is 9.84 Å². The Balaban J connectivity index is 1.93. The number of nitrogens with zero attached hydrogens (tertiary/aromatic N) is 4. The molecular weight excluding hydrogens is 260 g/mol. The average molecular weight is 282 g/mol. The van der Waals surface area contributed by atoms with Gasteiger partial charge in [-0.1, -0.05) is 0 Å². The third kappa shape index (κ3) is 4.03. The summed E-state index contributed by atoms with van der Waals surface area (Å²) >= 11 is 0. The van der Waals surface area contributed by atoms with E-state index in [0.717, 1.165) is 31.9 Å². The summed E-state index contributed by atoms with van der Waals surface area (Å²) in [6.45, 7) is 4.89. The second-order valence-corrected chi connectivity index (χ2v) is 4.90. The van der Waals surface area contributed by atoms with Gasteiger partial charge in [0.1, 0.15) is 0 Å². The van der Waals surface area contributed by atoms with Crippen molar-refractivity contribution in [2.45, 2.75) is 6.54 Å². The summed E-state index contributed by atoms with van der Waals surface area (Å²) in [4.78, 5) is 16.4. The van der Waals surface area contributed by atoms with Crippen molar-refractivity contribution in [2.24, 2.45) is 0 Å². The highest BCUT2D eigenvalue weighted by Crippen LogP contribution is 2.11. The molecule has 1 aromatic heterocycles. The van der Waals surface area contributed by atoms with Gasteiger partial charge in [-0.05, 0) is 7.05 Å². The predicted molar refractivity (Wildman–Crippen MR) is 76.1 cm³/mol. The highest BCUT2D eigenvalue weighted by atomic mass is 16.5. The minimum Gasteiger partial charge on any atom is -0.394 e. The molecule has 0 bridgehead atoms. The standard InChI is InChI=1S/C13H22N4O3/c1-15-2-4-16(5-3-15)12-10-13(19)17(14-11-12)6-8-20-9-7-18/h10-11,18H,2-9H2,1H3. The summed E-state index contributed by atoms with van der Waals surface area (Å²) in [5, 5.41) is 12.8. The number of aliphatic hydroxyl groups excluding tert-OH is 1. The molecule has 0 amide bonds. The van der Waals surface area contributed by atoms with Crippen LogP contribution in [0.5, 0.6) is 0 Å². The molecule has 1 aromatic rings. The van der Waals surface area contributed by atoms with Gasteiger partial charge in [-0.15, -0.1) is 0 Å². The van der Waals surface area contributed by atoms with Crippen molar-refractivity contribution in [3.05, 3.63) is 22.6 Å². The van der Waals surface area contributed by atoms with Crippen molar-refractivity contribution >= 4 is 5.69 Å². The van der Waals surface area contributed by atoms with Gasteiger partial charge in [0.25, 0.3) is 5.56 Å². The number of anilines is 1. The molecule has 2 rings (SSSR count).